The van der Waals surface area contributed by atoms with E-state index >= 15 is 0 Å². The number of hydrogen-bond donors (Lipinski definition) is 0. The highest BCUT2D eigenvalue weighted by molar-refractivity contribution is 5.30. The van der Waals surface area contributed by atoms with Crippen molar-refractivity contribution in [3.05, 3.63) is 82.7 Å². The number of nitrogens with zero attached hydrogens (tertiary/aromatic N) is 4. The number of aryl methyl sites for hydroxylation is 2. The van der Waals surface area contributed by atoms with Crippen molar-refractivity contribution in [1.29, 1.82) is 0 Å². The highest BCUT2D eigenvalue weighted by atomic mass is 19.1. The van der Waals surface area contributed by atoms with Gasteiger partial charge in [-0.15, -0.1) is 0 Å². The second kappa shape index (κ2) is 8.23. The maximum absolute atomic E-state index is 13.5. The molecule has 3 heterocycles. The average Bonchev–Trinajstić information content (AvgIpc) is 3.06. The van der Waals surface area contributed by atoms with Gasteiger partial charge >= 0.3 is 0 Å². The monoisotopic (exact) mass is 378 g/mol. The average molecular weight is 378 g/mol. The Hall–Kier alpha value is -2.53. The minimum Gasteiger partial charge on any atom is -0.299 e. The lowest BCUT2D eigenvalue weighted by atomic mass is 9.91. The Bertz CT molecular complexity index is 941. The van der Waals surface area contributed by atoms with Crippen molar-refractivity contribution in [1.82, 2.24) is 19.7 Å². The lowest BCUT2D eigenvalue weighted by Crippen LogP contribution is -2.32. The lowest BCUT2D eigenvalue weighted by Gasteiger charge is -2.31. The Labute approximate surface area is 166 Å². The minimum atomic E-state index is -0.176. The van der Waals surface area contributed by atoms with Crippen molar-refractivity contribution < 1.29 is 4.39 Å². The van der Waals surface area contributed by atoms with Crippen LogP contribution < -0.4 is 0 Å². The van der Waals surface area contributed by atoms with Gasteiger partial charge in [0.25, 0.3) is 0 Å². The van der Waals surface area contributed by atoms with Crippen LogP contribution in [0.2, 0.25) is 0 Å². The van der Waals surface area contributed by atoms with Crippen LogP contribution in [0.3, 0.4) is 0 Å². The molecule has 0 bridgehead atoms. The number of pyridine rings is 1. The molecule has 4 rings (SSSR count). The van der Waals surface area contributed by atoms with Gasteiger partial charge in [0.1, 0.15) is 5.82 Å². The zero-order valence-corrected chi connectivity index (χ0v) is 16.6. The van der Waals surface area contributed by atoms with Crippen LogP contribution in [0.5, 0.6) is 0 Å². The molecule has 3 aromatic rings. The largest absolute Gasteiger partial charge is 0.299 e. The first-order chi connectivity index (χ1) is 13.5. The quantitative estimate of drug-likeness (QED) is 0.666. The molecule has 0 unspecified atom stereocenters. The fourth-order valence-corrected chi connectivity index (χ4v) is 4.16. The predicted molar refractivity (Wildman–Crippen MR) is 109 cm³/mol. The van der Waals surface area contributed by atoms with Gasteiger partial charge in [-0.3, -0.25) is 14.6 Å². The van der Waals surface area contributed by atoms with Crippen LogP contribution >= 0.6 is 0 Å². The second-order valence-electron chi connectivity index (χ2n) is 7.92. The third-order valence-electron chi connectivity index (χ3n) is 5.50. The first-order valence-electron chi connectivity index (χ1n) is 9.97. The molecule has 0 saturated carbocycles. The summed E-state index contributed by atoms with van der Waals surface area (Å²) in [4.78, 5) is 7.32. The van der Waals surface area contributed by atoms with E-state index in [4.69, 9.17) is 4.98 Å². The molecule has 2 aromatic heterocycles. The van der Waals surface area contributed by atoms with E-state index in [1.54, 1.807) is 12.1 Å². The third kappa shape index (κ3) is 4.65. The molecule has 5 heteroatoms. The number of aromatic nitrogens is 3. The fourth-order valence-electron chi connectivity index (χ4n) is 4.16. The van der Waals surface area contributed by atoms with E-state index in [1.165, 1.54) is 22.9 Å². The van der Waals surface area contributed by atoms with Gasteiger partial charge in [-0.25, -0.2) is 4.39 Å². The van der Waals surface area contributed by atoms with Crippen LogP contribution in [0.1, 0.15) is 46.8 Å². The van der Waals surface area contributed by atoms with E-state index < -0.39 is 0 Å². The summed E-state index contributed by atoms with van der Waals surface area (Å²) in [5, 5.41) is 4.26. The summed E-state index contributed by atoms with van der Waals surface area (Å²) >= 11 is 0. The number of benzene rings is 1. The Morgan fingerprint density at radius 1 is 1.07 bits per heavy atom. The zero-order valence-electron chi connectivity index (χ0n) is 16.6. The Kier molecular flexibility index (Phi) is 5.53. The molecule has 0 aliphatic carbocycles. The molecule has 0 atom stereocenters. The van der Waals surface area contributed by atoms with Gasteiger partial charge in [-0.2, -0.15) is 5.10 Å². The van der Waals surface area contributed by atoms with E-state index in [9.17, 15) is 4.39 Å². The Morgan fingerprint density at radius 3 is 2.61 bits per heavy atom. The van der Waals surface area contributed by atoms with Crippen molar-refractivity contribution in [2.45, 2.75) is 38.6 Å². The summed E-state index contributed by atoms with van der Waals surface area (Å²) < 4.78 is 15.4. The van der Waals surface area contributed by atoms with E-state index in [1.807, 2.05) is 24.0 Å². The van der Waals surface area contributed by atoms with Gasteiger partial charge in [-0.1, -0.05) is 12.1 Å². The van der Waals surface area contributed by atoms with Crippen LogP contribution in [0.4, 0.5) is 4.39 Å². The Balaban J connectivity index is 1.41. The van der Waals surface area contributed by atoms with Crippen molar-refractivity contribution in [3.63, 3.8) is 0 Å². The van der Waals surface area contributed by atoms with Crippen molar-refractivity contribution in [2.75, 3.05) is 13.1 Å². The normalized spacial score (nSPS) is 15.8. The highest BCUT2D eigenvalue weighted by Crippen LogP contribution is 2.29. The summed E-state index contributed by atoms with van der Waals surface area (Å²) in [6.45, 7) is 5.17. The summed E-state index contributed by atoms with van der Waals surface area (Å²) in [7, 11) is 1.96. The van der Waals surface area contributed by atoms with Gasteiger partial charge in [0.15, 0.2) is 0 Å². The molecule has 146 valence electrons. The molecule has 1 fully saturated rings. The van der Waals surface area contributed by atoms with E-state index in [2.05, 4.69) is 35.3 Å². The SMILES string of the molecule is Cc1cc(Cc2cccc(F)c2)cc(C2CCN(Cc3cnn(C)c3)CC2)n1. The molecule has 1 aromatic carbocycles. The van der Waals surface area contributed by atoms with Gasteiger partial charge in [0, 0.05) is 42.7 Å². The summed E-state index contributed by atoms with van der Waals surface area (Å²) in [6, 6.07) is 11.2. The number of likely N-dealkylation sites (tertiary alicyclic amines) is 1. The summed E-state index contributed by atoms with van der Waals surface area (Å²) in [6.07, 6.45) is 7.03. The molecule has 1 aliphatic rings. The van der Waals surface area contributed by atoms with Gasteiger partial charge < -0.3 is 0 Å². The maximum Gasteiger partial charge on any atom is 0.123 e. The minimum absolute atomic E-state index is 0.176. The standard InChI is InChI=1S/C23H27FN4/c1-17-10-19(11-18-4-3-5-22(24)12-18)13-23(26-17)21-6-8-28(9-7-21)16-20-14-25-27(2)15-20/h3-5,10,12-15,21H,6-9,11,16H2,1-2H3. The summed E-state index contributed by atoms with van der Waals surface area (Å²) in [5.41, 5.74) is 5.72. The van der Waals surface area contributed by atoms with Gasteiger partial charge in [0.05, 0.1) is 6.20 Å². The predicted octanol–water partition coefficient (Wildman–Crippen LogP) is 4.23. The smallest absolute Gasteiger partial charge is 0.123 e. The molecule has 0 spiro atoms. The van der Waals surface area contributed by atoms with Crippen LogP contribution in [-0.4, -0.2) is 32.8 Å². The zero-order chi connectivity index (χ0) is 19.5. The van der Waals surface area contributed by atoms with E-state index in [-0.39, 0.29) is 5.82 Å². The topological polar surface area (TPSA) is 34.0 Å². The number of hydrogen-bond acceptors (Lipinski definition) is 3. The molecule has 0 amide bonds. The van der Waals surface area contributed by atoms with Crippen LogP contribution in [0.15, 0.2) is 48.8 Å². The lowest BCUT2D eigenvalue weighted by molar-refractivity contribution is 0.203. The first-order valence-corrected chi connectivity index (χ1v) is 9.97. The summed E-state index contributed by atoms with van der Waals surface area (Å²) in [5.74, 6) is 0.320. The molecular formula is C23H27FN4. The third-order valence-corrected chi connectivity index (χ3v) is 5.50. The molecule has 0 radical (unpaired) electrons. The molecule has 4 nitrogen and oxygen atoms in total. The number of halogens is 1. The molecule has 1 aliphatic heterocycles. The first kappa shape index (κ1) is 18.8. The molecular weight excluding hydrogens is 351 g/mol. The number of rotatable bonds is 5. The van der Waals surface area contributed by atoms with Crippen molar-refractivity contribution in [2.24, 2.45) is 7.05 Å². The van der Waals surface area contributed by atoms with Crippen LogP contribution in [-0.2, 0) is 20.0 Å². The fraction of sp³-hybridized carbons (Fsp3) is 0.391. The molecule has 28 heavy (non-hydrogen) atoms. The second-order valence-corrected chi connectivity index (χ2v) is 7.92. The number of piperidine rings is 1. The van der Waals surface area contributed by atoms with Crippen molar-refractivity contribution >= 4 is 0 Å². The maximum atomic E-state index is 13.5. The van der Waals surface area contributed by atoms with E-state index in [0.717, 1.165) is 50.2 Å². The van der Waals surface area contributed by atoms with Crippen LogP contribution in [0.25, 0.3) is 0 Å². The van der Waals surface area contributed by atoms with E-state index in [0.29, 0.717) is 5.92 Å². The Morgan fingerprint density at radius 2 is 1.89 bits per heavy atom. The van der Waals surface area contributed by atoms with Crippen molar-refractivity contribution in [3.8, 4) is 0 Å². The van der Waals surface area contributed by atoms with Gasteiger partial charge in [0.2, 0.25) is 0 Å². The van der Waals surface area contributed by atoms with Crippen LogP contribution in [0, 0.1) is 12.7 Å². The molecule has 0 N–H and O–H groups in total. The molecule has 1 saturated heterocycles. The highest BCUT2D eigenvalue weighted by Gasteiger charge is 2.22. The van der Waals surface area contributed by atoms with Gasteiger partial charge in [-0.05, 0) is 74.7 Å².